The monoisotopic (exact) mass is 265 g/mol. The number of aliphatic hydroxyl groups excluding tert-OH is 1. The number of carbonyl (C=O) groups excluding carboxylic acids is 1. The largest absolute Gasteiger partial charge is 0.493 e. The van der Waals surface area contributed by atoms with Crippen LogP contribution in [0.15, 0.2) is 12.1 Å². The number of ether oxygens (including phenoxy) is 1. The summed E-state index contributed by atoms with van der Waals surface area (Å²) in [5.41, 5.74) is 2.93. The van der Waals surface area contributed by atoms with Crippen LogP contribution in [0.2, 0.25) is 0 Å². The predicted octanol–water partition coefficient (Wildman–Crippen LogP) is 2.04. The van der Waals surface area contributed by atoms with Gasteiger partial charge >= 0.3 is 0 Å². The number of amides is 1. The highest BCUT2D eigenvalue weighted by Gasteiger charge is 2.07. The van der Waals surface area contributed by atoms with Gasteiger partial charge in [-0.05, 0) is 37.0 Å². The molecule has 1 aromatic rings. The van der Waals surface area contributed by atoms with Crippen molar-refractivity contribution >= 4 is 5.91 Å². The van der Waals surface area contributed by atoms with Crippen LogP contribution in [0.3, 0.4) is 0 Å². The lowest BCUT2D eigenvalue weighted by Crippen LogP contribution is -2.21. The number of hydrogen-bond donors (Lipinski definition) is 1. The van der Waals surface area contributed by atoms with E-state index in [1.165, 1.54) is 0 Å². The maximum Gasteiger partial charge on any atom is 0.222 e. The normalized spacial score (nSPS) is 10.4. The summed E-state index contributed by atoms with van der Waals surface area (Å²) in [6.45, 7) is 4.50. The van der Waals surface area contributed by atoms with Crippen LogP contribution in [0.4, 0.5) is 0 Å². The van der Waals surface area contributed by atoms with Crippen LogP contribution in [0.5, 0.6) is 5.75 Å². The molecule has 0 heterocycles. The molecule has 106 valence electrons. The Morgan fingerprint density at radius 3 is 2.32 bits per heavy atom. The van der Waals surface area contributed by atoms with Crippen molar-refractivity contribution in [1.29, 1.82) is 0 Å². The molecule has 0 saturated heterocycles. The van der Waals surface area contributed by atoms with Crippen molar-refractivity contribution in [3.05, 3.63) is 28.8 Å². The first-order chi connectivity index (χ1) is 8.95. The number of aliphatic hydroxyl groups is 1. The summed E-state index contributed by atoms with van der Waals surface area (Å²) in [6, 6.07) is 3.85. The van der Waals surface area contributed by atoms with Gasteiger partial charge in [0, 0.05) is 20.5 Å². The number of carbonyl (C=O) groups is 1. The highest BCUT2D eigenvalue weighted by atomic mass is 16.5. The molecule has 0 radical (unpaired) electrons. The van der Waals surface area contributed by atoms with Crippen LogP contribution in [0.1, 0.15) is 29.5 Å². The molecule has 0 aliphatic heterocycles. The zero-order valence-corrected chi connectivity index (χ0v) is 12.2. The summed E-state index contributed by atoms with van der Waals surface area (Å²) in [5.74, 6) is 0.974. The van der Waals surface area contributed by atoms with Crippen molar-refractivity contribution in [3.63, 3.8) is 0 Å². The molecule has 19 heavy (non-hydrogen) atoms. The molecule has 1 rings (SSSR count). The molecule has 0 unspecified atom stereocenters. The molecular formula is C15H23NO3. The van der Waals surface area contributed by atoms with Gasteiger partial charge < -0.3 is 14.7 Å². The van der Waals surface area contributed by atoms with Crippen molar-refractivity contribution in [2.75, 3.05) is 20.7 Å². The van der Waals surface area contributed by atoms with Gasteiger partial charge in [0.2, 0.25) is 5.91 Å². The summed E-state index contributed by atoms with van der Waals surface area (Å²) in [7, 11) is 3.51. The van der Waals surface area contributed by atoms with Crippen LogP contribution in [-0.2, 0) is 11.4 Å². The smallest absolute Gasteiger partial charge is 0.222 e. The number of benzene rings is 1. The Morgan fingerprint density at radius 1 is 1.26 bits per heavy atom. The Kier molecular flexibility index (Phi) is 5.83. The fourth-order valence-electron chi connectivity index (χ4n) is 1.98. The van der Waals surface area contributed by atoms with E-state index in [0.717, 1.165) is 22.4 Å². The predicted molar refractivity (Wildman–Crippen MR) is 75.3 cm³/mol. The Labute approximate surface area is 115 Å². The van der Waals surface area contributed by atoms with Crippen LogP contribution in [-0.4, -0.2) is 36.6 Å². The molecule has 0 aromatic heterocycles. The van der Waals surface area contributed by atoms with Crippen LogP contribution >= 0.6 is 0 Å². The average Bonchev–Trinajstić information content (AvgIpc) is 2.36. The lowest BCUT2D eigenvalue weighted by molar-refractivity contribution is -0.128. The summed E-state index contributed by atoms with van der Waals surface area (Å²) < 4.78 is 5.74. The topological polar surface area (TPSA) is 49.8 Å². The maximum absolute atomic E-state index is 11.4. The van der Waals surface area contributed by atoms with Crippen molar-refractivity contribution < 1.29 is 14.6 Å². The van der Waals surface area contributed by atoms with Crippen molar-refractivity contribution in [3.8, 4) is 5.75 Å². The van der Waals surface area contributed by atoms with Crippen LogP contribution in [0, 0.1) is 13.8 Å². The first-order valence-corrected chi connectivity index (χ1v) is 6.49. The molecule has 4 heteroatoms. The van der Waals surface area contributed by atoms with E-state index in [-0.39, 0.29) is 12.5 Å². The molecule has 1 amide bonds. The Balaban J connectivity index is 2.52. The van der Waals surface area contributed by atoms with E-state index in [4.69, 9.17) is 9.84 Å². The quantitative estimate of drug-likeness (QED) is 0.801. The van der Waals surface area contributed by atoms with Gasteiger partial charge in [-0.25, -0.2) is 0 Å². The lowest BCUT2D eigenvalue weighted by atomic mass is 10.1. The first-order valence-electron chi connectivity index (χ1n) is 6.49. The van der Waals surface area contributed by atoms with Gasteiger partial charge in [-0.15, -0.1) is 0 Å². The van der Waals surface area contributed by atoms with E-state index in [0.29, 0.717) is 19.4 Å². The van der Waals surface area contributed by atoms with E-state index in [1.807, 2.05) is 26.0 Å². The van der Waals surface area contributed by atoms with Gasteiger partial charge in [0.1, 0.15) is 5.75 Å². The molecule has 0 spiro atoms. The second-order valence-corrected chi connectivity index (χ2v) is 4.96. The van der Waals surface area contributed by atoms with E-state index in [2.05, 4.69) is 0 Å². The zero-order chi connectivity index (χ0) is 14.4. The molecule has 1 N–H and O–H groups in total. The van der Waals surface area contributed by atoms with Crippen molar-refractivity contribution in [1.82, 2.24) is 4.90 Å². The van der Waals surface area contributed by atoms with Gasteiger partial charge in [-0.2, -0.15) is 0 Å². The summed E-state index contributed by atoms with van der Waals surface area (Å²) in [5, 5.41) is 9.12. The van der Waals surface area contributed by atoms with E-state index >= 15 is 0 Å². The maximum atomic E-state index is 11.4. The van der Waals surface area contributed by atoms with Gasteiger partial charge in [-0.3, -0.25) is 4.79 Å². The second kappa shape index (κ2) is 7.14. The third kappa shape index (κ3) is 4.56. The Hall–Kier alpha value is -1.55. The van der Waals surface area contributed by atoms with Gasteiger partial charge in [0.05, 0.1) is 13.2 Å². The third-order valence-corrected chi connectivity index (χ3v) is 2.98. The highest BCUT2D eigenvalue weighted by molar-refractivity contribution is 5.75. The van der Waals surface area contributed by atoms with Gasteiger partial charge in [0.15, 0.2) is 0 Å². The molecular weight excluding hydrogens is 242 g/mol. The van der Waals surface area contributed by atoms with Gasteiger partial charge in [-0.1, -0.05) is 12.1 Å². The first kappa shape index (κ1) is 15.5. The average molecular weight is 265 g/mol. The fourth-order valence-corrected chi connectivity index (χ4v) is 1.98. The number of aryl methyl sites for hydroxylation is 2. The minimum absolute atomic E-state index is 0.0410. The SMILES string of the molecule is Cc1cc(CO)cc(C)c1OCCCC(=O)N(C)C. The minimum Gasteiger partial charge on any atom is -0.493 e. The molecule has 0 atom stereocenters. The number of hydrogen-bond acceptors (Lipinski definition) is 3. The Morgan fingerprint density at radius 2 is 1.84 bits per heavy atom. The Bertz CT molecular complexity index is 418. The highest BCUT2D eigenvalue weighted by Crippen LogP contribution is 2.25. The number of rotatable bonds is 6. The summed E-state index contributed by atoms with van der Waals surface area (Å²) in [6.07, 6.45) is 1.21. The standard InChI is InChI=1S/C15H23NO3/c1-11-8-13(10-17)9-12(2)15(11)19-7-5-6-14(18)16(3)4/h8-9,17H,5-7,10H2,1-4H3. The summed E-state index contributed by atoms with van der Waals surface area (Å²) >= 11 is 0. The zero-order valence-electron chi connectivity index (χ0n) is 12.2. The molecule has 0 fully saturated rings. The van der Waals surface area contributed by atoms with Crippen molar-refractivity contribution in [2.45, 2.75) is 33.3 Å². The second-order valence-electron chi connectivity index (χ2n) is 4.96. The lowest BCUT2D eigenvalue weighted by Gasteiger charge is -2.14. The van der Waals surface area contributed by atoms with E-state index in [9.17, 15) is 4.79 Å². The summed E-state index contributed by atoms with van der Waals surface area (Å²) in [4.78, 5) is 13.0. The minimum atomic E-state index is 0.0410. The molecule has 1 aromatic carbocycles. The molecule has 0 aliphatic carbocycles. The van der Waals surface area contributed by atoms with Crippen molar-refractivity contribution in [2.24, 2.45) is 0 Å². The van der Waals surface area contributed by atoms with E-state index < -0.39 is 0 Å². The molecule has 0 saturated carbocycles. The van der Waals surface area contributed by atoms with Crippen LogP contribution in [0.25, 0.3) is 0 Å². The molecule has 0 bridgehead atoms. The van der Waals surface area contributed by atoms with Gasteiger partial charge in [0.25, 0.3) is 0 Å². The molecule has 4 nitrogen and oxygen atoms in total. The fraction of sp³-hybridized carbons (Fsp3) is 0.533. The third-order valence-electron chi connectivity index (χ3n) is 2.98. The number of nitrogens with zero attached hydrogens (tertiary/aromatic N) is 1. The van der Waals surface area contributed by atoms with Crippen LogP contribution < -0.4 is 4.74 Å². The van der Waals surface area contributed by atoms with E-state index in [1.54, 1.807) is 19.0 Å². The molecule has 0 aliphatic rings.